The standard InChI is InChI=1S/C12H16N2O2S/c1-2-14(7-8-15)12(16)10-5-3-9(4-6-10)11(13)17/h3-6,15H,2,7-8H2,1H3,(H2,13,17). The summed E-state index contributed by atoms with van der Waals surface area (Å²) in [6.07, 6.45) is 0. The van der Waals surface area contributed by atoms with E-state index in [2.05, 4.69) is 0 Å². The van der Waals surface area contributed by atoms with Gasteiger partial charge < -0.3 is 15.7 Å². The molecule has 0 saturated carbocycles. The van der Waals surface area contributed by atoms with E-state index in [-0.39, 0.29) is 12.5 Å². The van der Waals surface area contributed by atoms with Crippen molar-refractivity contribution >= 4 is 23.1 Å². The molecule has 0 aromatic heterocycles. The number of carbonyl (C=O) groups is 1. The number of nitrogens with zero attached hydrogens (tertiary/aromatic N) is 1. The maximum absolute atomic E-state index is 12.0. The predicted molar refractivity (Wildman–Crippen MR) is 71.0 cm³/mol. The fourth-order valence-corrected chi connectivity index (χ4v) is 1.62. The van der Waals surface area contributed by atoms with Crippen LogP contribution in [-0.2, 0) is 0 Å². The van der Waals surface area contributed by atoms with Gasteiger partial charge in [0.2, 0.25) is 0 Å². The molecule has 0 aliphatic rings. The Balaban J connectivity index is 2.85. The van der Waals surface area contributed by atoms with Crippen molar-refractivity contribution in [2.75, 3.05) is 19.7 Å². The van der Waals surface area contributed by atoms with E-state index in [4.69, 9.17) is 23.1 Å². The van der Waals surface area contributed by atoms with Crippen molar-refractivity contribution < 1.29 is 9.90 Å². The largest absolute Gasteiger partial charge is 0.395 e. The topological polar surface area (TPSA) is 66.6 Å². The van der Waals surface area contributed by atoms with Gasteiger partial charge in [0.25, 0.3) is 5.91 Å². The third-order valence-corrected chi connectivity index (χ3v) is 2.69. The average Bonchev–Trinajstić information content (AvgIpc) is 2.35. The summed E-state index contributed by atoms with van der Waals surface area (Å²) in [6, 6.07) is 6.83. The Morgan fingerprint density at radius 2 is 1.88 bits per heavy atom. The molecule has 0 atom stereocenters. The lowest BCUT2D eigenvalue weighted by Crippen LogP contribution is -2.33. The molecule has 0 aliphatic heterocycles. The molecule has 1 aromatic carbocycles. The van der Waals surface area contributed by atoms with Crippen LogP contribution in [0.2, 0.25) is 0 Å². The van der Waals surface area contributed by atoms with E-state index < -0.39 is 0 Å². The molecule has 4 nitrogen and oxygen atoms in total. The van der Waals surface area contributed by atoms with E-state index >= 15 is 0 Å². The number of carbonyl (C=O) groups excluding carboxylic acids is 1. The van der Waals surface area contributed by atoms with E-state index in [1.807, 2.05) is 6.92 Å². The van der Waals surface area contributed by atoms with Gasteiger partial charge in [0.05, 0.1) is 6.61 Å². The molecule has 17 heavy (non-hydrogen) atoms. The zero-order chi connectivity index (χ0) is 12.8. The third-order valence-electron chi connectivity index (χ3n) is 2.46. The Labute approximate surface area is 106 Å². The van der Waals surface area contributed by atoms with Crippen molar-refractivity contribution in [2.24, 2.45) is 5.73 Å². The highest BCUT2D eigenvalue weighted by Crippen LogP contribution is 2.07. The first kappa shape index (κ1) is 13.6. The van der Waals surface area contributed by atoms with Crippen molar-refractivity contribution in [3.8, 4) is 0 Å². The first-order valence-electron chi connectivity index (χ1n) is 5.40. The highest BCUT2D eigenvalue weighted by atomic mass is 32.1. The van der Waals surface area contributed by atoms with Gasteiger partial charge in [-0.15, -0.1) is 0 Å². The second kappa shape index (κ2) is 6.32. The molecule has 5 heteroatoms. The molecular weight excluding hydrogens is 236 g/mol. The molecule has 1 amide bonds. The lowest BCUT2D eigenvalue weighted by molar-refractivity contribution is 0.0732. The van der Waals surface area contributed by atoms with E-state index in [9.17, 15) is 4.79 Å². The van der Waals surface area contributed by atoms with Crippen LogP contribution in [0.25, 0.3) is 0 Å². The number of thiocarbonyl (C=S) groups is 1. The summed E-state index contributed by atoms with van der Waals surface area (Å²) in [5.41, 5.74) is 6.78. The predicted octanol–water partition coefficient (Wildman–Crippen LogP) is 0.775. The molecule has 0 spiro atoms. The lowest BCUT2D eigenvalue weighted by Gasteiger charge is -2.19. The summed E-state index contributed by atoms with van der Waals surface area (Å²) in [5, 5.41) is 8.85. The van der Waals surface area contributed by atoms with Crippen LogP contribution in [0, 0.1) is 0 Å². The second-order valence-electron chi connectivity index (χ2n) is 3.55. The molecule has 0 radical (unpaired) electrons. The van der Waals surface area contributed by atoms with Gasteiger partial charge in [-0.2, -0.15) is 0 Å². The number of likely N-dealkylation sites (N-methyl/N-ethyl adjacent to an activating group) is 1. The van der Waals surface area contributed by atoms with Crippen LogP contribution in [0.4, 0.5) is 0 Å². The SMILES string of the molecule is CCN(CCO)C(=O)c1ccc(C(N)=S)cc1. The first-order valence-corrected chi connectivity index (χ1v) is 5.81. The van der Waals surface area contributed by atoms with Crippen LogP contribution in [0.15, 0.2) is 24.3 Å². The number of aliphatic hydroxyl groups is 1. The minimum atomic E-state index is -0.101. The second-order valence-corrected chi connectivity index (χ2v) is 3.99. The quantitative estimate of drug-likeness (QED) is 0.760. The van der Waals surface area contributed by atoms with Crippen LogP contribution in [0.1, 0.15) is 22.8 Å². The molecule has 0 saturated heterocycles. The molecule has 1 rings (SSSR count). The Hall–Kier alpha value is -1.46. The number of rotatable bonds is 5. The van der Waals surface area contributed by atoms with E-state index in [1.54, 1.807) is 29.2 Å². The third kappa shape index (κ3) is 3.51. The Kier molecular flexibility index (Phi) is 5.06. The normalized spacial score (nSPS) is 10.0. The number of hydrogen-bond acceptors (Lipinski definition) is 3. The van der Waals surface area contributed by atoms with Gasteiger partial charge in [0, 0.05) is 24.2 Å². The van der Waals surface area contributed by atoms with Crippen LogP contribution in [0.5, 0.6) is 0 Å². The number of benzene rings is 1. The summed E-state index contributed by atoms with van der Waals surface area (Å²) < 4.78 is 0. The number of aliphatic hydroxyl groups excluding tert-OH is 1. The molecule has 0 heterocycles. The van der Waals surface area contributed by atoms with E-state index in [1.165, 1.54) is 0 Å². The van der Waals surface area contributed by atoms with Crippen LogP contribution in [-0.4, -0.2) is 40.6 Å². The zero-order valence-corrected chi connectivity index (χ0v) is 10.5. The van der Waals surface area contributed by atoms with Crippen LogP contribution < -0.4 is 5.73 Å². The van der Waals surface area contributed by atoms with Crippen LogP contribution >= 0.6 is 12.2 Å². The Morgan fingerprint density at radius 1 is 1.35 bits per heavy atom. The fraction of sp³-hybridized carbons (Fsp3) is 0.333. The van der Waals surface area contributed by atoms with Gasteiger partial charge in [-0.05, 0) is 19.1 Å². The number of nitrogens with two attached hydrogens (primary N) is 1. The van der Waals surface area contributed by atoms with E-state index in [0.717, 1.165) is 5.56 Å². The molecular formula is C12H16N2O2S. The van der Waals surface area contributed by atoms with Crippen molar-refractivity contribution in [1.29, 1.82) is 0 Å². The van der Waals surface area contributed by atoms with Crippen molar-refractivity contribution in [3.63, 3.8) is 0 Å². The highest BCUT2D eigenvalue weighted by Gasteiger charge is 2.13. The molecule has 1 aromatic rings. The van der Waals surface area contributed by atoms with Crippen molar-refractivity contribution in [3.05, 3.63) is 35.4 Å². The number of amides is 1. The van der Waals surface area contributed by atoms with E-state index in [0.29, 0.717) is 23.6 Å². The smallest absolute Gasteiger partial charge is 0.253 e. The average molecular weight is 252 g/mol. The monoisotopic (exact) mass is 252 g/mol. The van der Waals surface area contributed by atoms with Crippen molar-refractivity contribution in [2.45, 2.75) is 6.92 Å². The fourth-order valence-electron chi connectivity index (χ4n) is 1.48. The lowest BCUT2D eigenvalue weighted by atomic mass is 10.1. The molecule has 92 valence electrons. The summed E-state index contributed by atoms with van der Waals surface area (Å²) in [5.74, 6) is -0.101. The highest BCUT2D eigenvalue weighted by molar-refractivity contribution is 7.80. The zero-order valence-electron chi connectivity index (χ0n) is 9.72. The molecule has 0 aliphatic carbocycles. The minimum Gasteiger partial charge on any atom is -0.395 e. The maximum Gasteiger partial charge on any atom is 0.253 e. The van der Waals surface area contributed by atoms with Crippen molar-refractivity contribution in [1.82, 2.24) is 4.90 Å². The van der Waals surface area contributed by atoms with Crippen LogP contribution in [0.3, 0.4) is 0 Å². The summed E-state index contributed by atoms with van der Waals surface area (Å²) in [4.78, 5) is 13.9. The molecule has 3 N–H and O–H groups in total. The van der Waals surface area contributed by atoms with Gasteiger partial charge >= 0.3 is 0 Å². The minimum absolute atomic E-state index is 0.0372. The number of hydrogen-bond donors (Lipinski definition) is 2. The Bertz CT molecular complexity index is 403. The Morgan fingerprint density at radius 3 is 2.29 bits per heavy atom. The van der Waals surface area contributed by atoms with Gasteiger partial charge in [0.1, 0.15) is 4.99 Å². The summed E-state index contributed by atoms with van der Waals surface area (Å²) >= 11 is 4.84. The molecule has 0 bridgehead atoms. The van der Waals surface area contributed by atoms with Gasteiger partial charge in [-0.1, -0.05) is 24.4 Å². The first-order chi connectivity index (χ1) is 8.10. The van der Waals surface area contributed by atoms with Gasteiger partial charge in [-0.3, -0.25) is 4.79 Å². The summed E-state index contributed by atoms with van der Waals surface area (Å²) in [6.45, 7) is 2.74. The molecule has 0 unspecified atom stereocenters. The maximum atomic E-state index is 12.0. The van der Waals surface area contributed by atoms with Gasteiger partial charge in [0.15, 0.2) is 0 Å². The van der Waals surface area contributed by atoms with Gasteiger partial charge in [-0.25, -0.2) is 0 Å². The molecule has 0 fully saturated rings. The summed E-state index contributed by atoms with van der Waals surface area (Å²) in [7, 11) is 0.